The van der Waals surface area contributed by atoms with E-state index in [1.165, 1.54) is 5.56 Å². The summed E-state index contributed by atoms with van der Waals surface area (Å²) in [5, 5.41) is 12.7. The molecule has 1 atom stereocenters. The van der Waals surface area contributed by atoms with E-state index >= 15 is 0 Å². The van der Waals surface area contributed by atoms with E-state index in [-0.39, 0.29) is 0 Å². The van der Waals surface area contributed by atoms with Crippen LogP contribution in [0.4, 0.5) is 0 Å². The van der Waals surface area contributed by atoms with Crippen LogP contribution in [0, 0.1) is 0 Å². The Hall–Kier alpha value is -1.39. The Labute approximate surface area is 128 Å². The van der Waals surface area contributed by atoms with E-state index in [9.17, 15) is 5.11 Å². The van der Waals surface area contributed by atoms with Gasteiger partial charge in [-0.2, -0.15) is 0 Å². The number of rotatable bonds is 6. The minimum atomic E-state index is 0.321. The molecule has 0 saturated heterocycles. The molecular weight excluding hydrogens is 316 g/mol. The van der Waals surface area contributed by atoms with Crippen LogP contribution >= 0.6 is 15.9 Å². The van der Waals surface area contributed by atoms with Crippen LogP contribution in [0.3, 0.4) is 0 Å². The Kier molecular flexibility index (Phi) is 5.56. The van der Waals surface area contributed by atoms with E-state index in [1.807, 2.05) is 30.5 Å². The number of hydrogen-bond donors (Lipinski definition) is 2. The highest BCUT2D eigenvalue weighted by Crippen LogP contribution is 2.12. The van der Waals surface area contributed by atoms with Gasteiger partial charge in [0.05, 0.1) is 5.69 Å². The van der Waals surface area contributed by atoms with Crippen molar-refractivity contribution in [2.45, 2.75) is 32.4 Å². The minimum absolute atomic E-state index is 0.321. The summed E-state index contributed by atoms with van der Waals surface area (Å²) >= 11 is 3.38. The van der Waals surface area contributed by atoms with Gasteiger partial charge in [0.1, 0.15) is 5.75 Å². The van der Waals surface area contributed by atoms with Crippen molar-refractivity contribution >= 4 is 15.9 Å². The Morgan fingerprint density at radius 3 is 2.60 bits per heavy atom. The van der Waals surface area contributed by atoms with Crippen LogP contribution in [0.5, 0.6) is 5.75 Å². The summed E-state index contributed by atoms with van der Waals surface area (Å²) in [6, 6.07) is 11.9. The summed E-state index contributed by atoms with van der Waals surface area (Å²) in [6.45, 7) is 2.96. The first-order chi connectivity index (χ1) is 9.63. The number of phenols is 1. The molecule has 0 saturated carbocycles. The van der Waals surface area contributed by atoms with Gasteiger partial charge >= 0.3 is 0 Å². The molecule has 1 aromatic heterocycles. The molecule has 0 spiro atoms. The average Bonchev–Trinajstić information content (AvgIpc) is 2.46. The molecular formula is C16H19BrN2O. The number of phenolic OH excluding ortho intramolecular Hbond substituents is 1. The van der Waals surface area contributed by atoms with E-state index < -0.39 is 0 Å². The number of hydrogen-bond acceptors (Lipinski definition) is 3. The number of pyridine rings is 1. The number of aryl methyl sites for hydroxylation is 1. The van der Waals surface area contributed by atoms with E-state index in [1.54, 1.807) is 12.1 Å². The van der Waals surface area contributed by atoms with Crippen LogP contribution < -0.4 is 5.32 Å². The van der Waals surface area contributed by atoms with Gasteiger partial charge in [-0.3, -0.25) is 4.98 Å². The van der Waals surface area contributed by atoms with Crippen molar-refractivity contribution in [3.8, 4) is 5.75 Å². The molecule has 2 N–H and O–H groups in total. The van der Waals surface area contributed by atoms with Gasteiger partial charge in [0, 0.05) is 23.3 Å². The number of nitrogens with one attached hydrogen (secondary N) is 1. The summed E-state index contributed by atoms with van der Waals surface area (Å²) in [4.78, 5) is 4.34. The highest BCUT2D eigenvalue weighted by atomic mass is 79.9. The van der Waals surface area contributed by atoms with Crippen LogP contribution in [0.15, 0.2) is 47.1 Å². The summed E-state index contributed by atoms with van der Waals surface area (Å²) in [7, 11) is 0. The Morgan fingerprint density at radius 1 is 1.20 bits per heavy atom. The monoisotopic (exact) mass is 334 g/mol. The summed E-state index contributed by atoms with van der Waals surface area (Å²) < 4.78 is 1.00. The second-order valence-corrected chi connectivity index (χ2v) is 5.87. The first-order valence-electron chi connectivity index (χ1n) is 6.75. The number of benzene rings is 1. The van der Waals surface area contributed by atoms with Gasteiger partial charge in [0.2, 0.25) is 0 Å². The minimum Gasteiger partial charge on any atom is -0.508 e. The van der Waals surface area contributed by atoms with Gasteiger partial charge < -0.3 is 10.4 Å². The van der Waals surface area contributed by atoms with Crippen LogP contribution in [0.1, 0.15) is 24.6 Å². The molecule has 0 radical (unpaired) electrons. The zero-order valence-electron chi connectivity index (χ0n) is 11.5. The predicted octanol–water partition coefficient (Wildman–Crippen LogP) is 3.66. The molecule has 1 unspecified atom stereocenters. The Bertz CT molecular complexity index is 476. The maximum absolute atomic E-state index is 9.24. The summed E-state index contributed by atoms with van der Waals surface area (Å²) in [6.07, 6.45) is 3.88. The number of aromatic hydroxyl groups is 1. The average molecular weight is 335 g/mol. The number of nitrogens with zero attached hydrogens (tertiary/aromatic N) is 1. The lowest BCUT2D eigenvalue weighted by Crippen LogP contribution is -2.26. The largest absolute Gasteiger partial charge is 0.508 e. The Morgan fingerprint density at radius 2 is 1.95 bits per heavy atom. The molecule has 0 aliphatic rings. The fourth-order valence-electron chi connectivity index (χ4n) is 1.94. The van der Waals surface area contributed by atoms with Crippen molar-refractivity contribution < 1.29 is 5.11 Å². The second-order valence-electron chi connectivity index (χ2n) is 4.95. The maximum atomic E-state index is 9.24. The topological polar surface area (TPSA) is 45.1 Å². The van der Waals surface area contributed by atoms with Crippen molar-refractivity contribution in [2.24, 2.45) is 0 Å². The molecule has 4 heteroatoms. The molecule has 106 valence electrons. The summed E-state index contributed by atoms with van der Waals surface area (Å²) in [5.41, 5.74) is 2.29. The lowest BCUT2D eigenvalue weighted by Gasteiger charge is -2.13. The molecule has 2 rings (SSSR count). The van der Waals surface area contributed by atoms with Crippen LogP contribution in [0.25, 0.3) is 0 Å². The number of halogens is 1. The smallest absolute Gasteiger partial charge is 0.115 e. The normalized spacial score (nSPS) is 12.3. The highest BCUT2D eigenvalue weighted by Gasteiger charge is 2.03. The van der Waals surface area contributed by atoms with E-state index in [0.717, 1.165) is 29.6 Å². The molecule has 20 heavy (non-hydrogen) atoms. The molecule has 1 aromatic carbocycles. The maximum Gasteiger partial charge on any atom is 0.115 e. The third-order valence-electron chi connectivity index (χ3n) is 3.22. The Balaban J connectivity index is 1.73. The molecule has 0 aliphatic carbocycles. The molecule has 0 fully saturated rings. The predicted molar refractivity (Wildman–Crippen MR) is 84.7 cm³/mol. The van der Waals surface area contributed by atoms with Crippen molar-refractivity contribution in [3.05, 3.63) is 58.3 Å². The fourth-order valence-corrected chi connectivity index (χ4v) is 2.17. The van der Waals surface area contributed by atoms with Gasteiger partial charge in [-0.25, -0.2) is 0 Å². The molecule has 1 heterocycles. The highest BCUT2D eigenvalue weighted by molar-refractivity contribution is 9.10. The molecule has 0 bridgehead atoms. The van der Waals surface area contributed by atoms with Crippen LogP contribution in [-0.2, 0) is 13.0 Å². The molecule has 0 aliphatic heterocycles. The van der Waals surface area contributed by atoms with E-state index in [0.29, 0.717) is 11.8 Å². The summed E-state index contributed by atoms with van der Waals surface area (Å²) in [5.74, 6) is 0.321. The third kappa shape index (κ3) is 4.94. The van der Waals surface area contributed by atoms with Gasteiger partial charge in [-0.05, 0) is 65.5 Å². The van der Waals surface area contributed by atoms with Gasteiger partial charge in [0.15, 0.2) is 0 Å². The zero-order chi connectivity index (χ0) is 14.4. The quantitative estimate of drug-likeness (QED) is 0.847. The van der Waals surface area contributed by atoms with Crippen molar-refractivity contribution in [1.82, 2.24) is 10.3 Å². The van der Waals surface area contributed by atoms with Gasteiger partial charge in [0.25, 0.3) is 0 Å². The first kappa shape index (κ1) is 15.0. The van der Waals surface area contributed by atoms with Crippen molar-refractivity contribution in [2.75, 3.05) is 0 Å². The fraction of sp³-hybridized carbons (Fsp3) is 0.312. The third-order valence-corrected chi connectivity index (χ3v) is 3.69. The van der Waals surface area contributed by atoms with E-state index in [2.05, 4.69) is 33.2 Å². The second kappa shape index (κ2) is 7.41. The van der Waals surface area contributed by atoms with Crippen LogP contribution in [-0.4, -0.2) is 16.1 Å². The molecule has 2 aromatic rings. The van der Waals surface area contributed by atoms with Crippen LogP contribution in [0.2, 0.25) is 0 Å². The van der Waals surface area contributed by atoms with E-state index in [4.69, 9.17) is 0 Å². The molecule has 3 nitrogen and oxygen atoms in total. The zero-order valence-corrected chi connectivity index (χ0v) is 13.1. The lowest BCUT2D eigenvalue weighted by atomic mass is 10.1. The SMILES string of the molecule is CC(CCc1ccc(O)cc1)NCc1ccc(Br)cn1. The number of aromatic nitrogens is 1. The lowest BCUT2D eigenvalue weighted by molar-refractivity contribution is 0.474. The molecule has 0 amide bonds. The van der Waals surface area contributed by atoms with Crippen molar-refractivity contribution in [1.29, 1.82) is 0 Å². The van der Waals surface area contributed by atoms with Gasteiger partial charge in [-0.15, -0.1) is 0 Å². The first-order valence-corrected chi connectivity index (χ1v) is 7.54. The standard InChI is InChI=1S/C16H19BrN2O/c1-12(2-3-13-4-8-16(20)9-5-13)18-11-15-7-6-14(17)10-19-15/h4-10,12,18,20H,2-3,11H2,1H3. The van der Waals surface area contributed by atoms with Gasteiger partial charge in [-0.1, -0.05) is 12.1 Å². The van der Waals surface area contributed by atoms with Crippen molar-refractivity contribution in [3.63, 3.8) is 0 Å².